The number of guanidine groups is 1. The second kappa shape index (κ2) is 8.67. The molecular weight excluding hydrogens is 314 g/mol. The predicted octanol–water partition coefficient (Wildman–Crippen LogP) is 2.23. The second-order valence-electron chi connectivity index (χ2n) is 6.47. The van der Waals surface area contributed by atoms with Crippen molar-refractivity contribution in [1.82, 2.24) is 20.4 Å². The zero-order valence-electron chi connectivity index (χ0n) is 14.7. The highest BCUT2D eigenvalue weighted by atomic mass is 16.3. The molecule has 0 bridgehead atoms. The van der Waals surface area contributed by atoms with E-state index < -0.39 is 0 Å². The molecule has 134 valence electrons. The van der Waals surface area contributed by atoms with E-state index in [-0.39, 0.29) is 6.10 Å². The zero-order chi connectivity index (χ0) is 17.5. The quantitative estimate of drug-likeness (QED) is 0.576. The van der Waals surface area contributed by atoms with Crippen molar-refractivity contribution in [2.45, 2.75) is 51.3 Å². The highest BCUT2D eigenvalue weighted by molar-refractivity contribution is 5.80. The third-order valence-corrected chi connectivity index (χ3v) is 4.46. The van der Waals surface area contributed by atoms with Gasteiger partial charge in [0.05, 0.1) is 24.5 Å². The number of aromatic nitrogens is 2. The lowest BCUT2D eigenvalue weighted by atomic mass is 9.93. The van der Waals surface area contributed by atoms with Crippen LogP contribution in [0, 0.1) is 0 Å². The van der Waals surface area contributed by atoms with Crippen molar-refractivity contribution in [3.63, 3.8) is 0 Å². The third kappa shape index (κ3) is 5.06. The highest BCUT2D eigenvalue weighted by Gasteiger charge is 2.19. The molecular formula is C19H27N5O. The van der Waals surface area contributed by atoms with Crippen molar-refractivity contribution in [2.24, 2.45) is 4.99 Å². The number of nitrogens with one attached hydrogen (secondary N) is 2. The van der Waals surface area contributed by atoms with Gasteiger partial charge in [-0.15, -0.1) is 0 Å². The van der Waals surface area contributed by atoms with E-state index in [1.807, 2.05) is 47.4 Å². The van der Waals surface area contributed by atoms with Crippen molar-refractivity contribution in [1.29, 1.82) is 0 Å². The van der Waals surface area contributed by atoms with Gasteiger partial charge in [0.15, 0.2) is 5.96 Å². The summed E-state index contributed by atoms with van der Waals surface area (Å²) >= 11 is 0. The van der Waals surface area contributed by atoms with E-state index in [4.69, 9.17) is 0 Å². The van der Waals surface area contributed by atoms with Crippen LogP contribution in [-0.2, 0) is 6.54 Å². The molecule has 0 amide bonds. The smallest absolute Gasteiger partial charge is 0.191 e. The Labute approximate surface area is 149 Å². The van der Waals surface area contributed by atoms with Gasteiger partial charge in [0.25, 0.3) is 0 Å². The Hall–Kier alpha value is -2.34. The normalized spacial score (nSPS) is 21.1. The van der Waals surface area contributed by atoms with Crippen molar-refractivity contribution in [3.05, 3.63) is 48.3 Å². The Kier molecular flexibility index (Phi) is 6.06. The summed E-state index contributed by atoms with van der Waals surface area (Å²) in [4.78, 5) is 4.68. The van der Waals surface area contributed by atoms with Gasteiger partial charge < -0.3 is 15.7 Å². The van der Waals surface area contributed by atoms with Gasteiger partial charge >= 0.3 is 0 Å². The molecule has 0 radical (unpaired) electrons. The summed E-state index contributed by atoms with van der Waals surface area (Å²) in [5.74, 6) is 0.830. The minimum atomic E-state index is -0.138. The van der Waals surface area contributed by atoms with Crippen molar-refractivity contribution >= 4 is 5.96 Å². The molecule has 1 heterocycles. The van der Waals surface area contributed by atoms with E-state index in [1.54, 1.807) is 0 Å². The molecule has 3 N–H and O–H groups in total. The summed E-state index contributed by atoms with van der Waals surface area (Å²) in [5, 5.41) is 20.8. The summed E-state index contributed by atoms with van der Waals surface area (Å²) in [6, 6.07) is 10.4. The third-order valence-electron chi connectivity index (χ3n) is 4.46. The Bertz CT molecular complexity index is 674. The maximum atomic E-state index is 9.63. The average Bonchev–Trinajstić information content (AvgIpc) is 3.12. The first kappa shape index (κ1) is 17.5. The average molecular weight is 341 g/mol. The standard InChI is InChI=1S/C19H27N5O/c1-2-20-19(23-16-8-10-18(25)11-9-16)21-12-15-13-22-24(14-15)17-6-4-3-5-7-17/h3-7,13-14,16,18,25H,2,8-12H2,1H3,(H2,20,21,23). The number of hydrogen-bond acceptors (Lipinski definition) is 3. The van der Waals surface area contributed by atoms with Crippen molar-refractivity contribution in [3.8, 4) is 5.69 Å². The Balaban J connectivity index is 1.60. The van der Waals surface area contributed by atoms with Crippen molar-refractivity contribution < 1.29 is 5.11 Å². The molecule has 25 heavy (non-hydrogen) atoms. The van der Waals surface area contributed by atoms with Crippen molar-refractivity contribution in [2.75, 3.05) is 6.54 Å². The van der Waals surface area contributed by atoms with E-state index in [0.717, 1.165) is 49.4 Å². The Morgan fingerprint density at radius 2 is 2.00 bits per heavy atom. The van der Waals surface area contributed by atoms with E-state index in [0.29, 0.717) is 12.6 Å². The molecule has 2 aromatic rings. The molecule has 1 aliphatic carbocycles. The molecule has 6 nitrogen and oxygen atoms in total. The fraction of sp³-hybridized carbons (Fsp3) is 0.474. The van der Waals surface area contributed by atoms with Gasteiger partial charge in [0, 0.05) is 24.3 Å². The molecule has 0 saturated heterocycles. The maximum Gasteiger partial charge on any atom is 0.191 e. The van der Waals surface area contributed by atoms with Crippen LogP contribution < -0.4 is 10.6 Å². The number of nitrogens with zero attached hydrogens (tertiary/aromatic N) is 3. The molecule has 0 spiro atoms. The number of aliphatic hydroxyl groups is 1. The Morgan fingerprint density at radius 1 is 1.24 bits per heavy atom. The summed E-state index contributed by atoms with van der Waals surface area (Å²) in [7, 11) is 0. The van der Waals surface area contributed by atoms with E-state index in [2.05, 4.69) is 27.6 Å². The molecule has 1 fully saturated rings. The molecule has 0 unspecified atom stereocenters. The topological polar surface area (TPSA) is 74.5 Å². The summed E-state index contributed by atoms with van der Waals surface area (Å²) < 4.78 is 1.87. The number of aliphatic hydroxyl groups excluding tert-OH is 1. The van der Waals surface area contributed by atoms with Gasteiger partial charge in [-0.25, -0.2) is 9.67 Å². The van der Waals surface area contributed by atoms with Crippen LogP contribution in [0.15, 0.2) is 47.7 Å². The monoisotopic (exact) mass is 341 g/mol. The van der Waals surface area contributed by atoms with Gasteiger partial charge in [-0.05, 0) is 44.7 Å². The fourth-order valence-corrected chi connectivity index (χ4v) is 3.07. The van der Waals surface area contributed by atoms with Crippen LogP contribution in [0.25, 0.3) is 5.69 Å². The number of aliphatic imine (C=N–C) groups is 1. The first-order valence-corrected chi connectivity index (χ1v) is 9.06. The molecule has 0 aliphatic heterocycles. The lowest BCUT2D eigenvalue weighted by Gasteiger charge is -2.27. The lowest BCUT2D eigenvalue weighted by molar-refractivity contribution is 0.120. The molecule has 6 heteroatoms. The number of benzene rings is 1. The lowest BCUT2D eigenvalue weighted by Crippen LogP contribution is -2.45. The molecule has 3 rings (SSSR count). The fourth-order valence-electron chi connectivity index (χ4n) is 3.07. The predicted molar refractivity (Wildman–Crippen MR) is 99.8 cm³/mol. The molecule has 1 aliphatic rings. The van der Waals surface area contributed by atoms with Crippen LogP contribution in [0.1, 0.15) is 38.2 Å². The summed E-state index contributed by atoms with van der Waals surface area (Å²) in [6.07, 6.45) is 7.43. The van der Waals surface area contributed by atoms with Crippen LogP contribution in [0.2, 0.25) is 0 Å². The largest absolute Gasteiger partial charge is 0.393 e. The van der Waals surface area contributed by atoms with Gasteiger partial charge in [0.2, 0.25) is 0 Å². The van der Waals surface area contributed by atoms with Crippen LogP contribution in [0.5, 0.6) is 0 Å². The van der Waals surface area contributed by atoms with Crippen LogP contribution in [0.4, 0.5) is 0 Å². The first-order valence-electron chi connectivity index (χ1n) is 9.06. The number of hydrogen-bond donors (Lipinski definition) is 3. The SMILES string of the molecule is CCNC(=NCc1cnn(-c2ccccc2)c1)NC1CCC(O)CC1. The second-order valence-corrected chi connectivity index (χ2v) is 6.47. The van der Waals surface area contributed by atoms with Gasteiger partial charge in [0.1, 0.15) is 0 Å². The molecule has 1 aromatic heterocycles. The summed E-state index contributed by atoms with van der Waals surface area (Å²) in [5.41, 5.74) is 2.11. The minimum Gasteiger partial charge on any atom is -0.393 e. The van der Waals surface area contributed by atoms with Crippen LogP contribution >= 0.6 is 0 Å². The van der Waals surface area contributed by atoms with Gasteiger partial charge in [-0.2, -0.15) is 5.10 Å². The summed E-state index contributed by atoms with van der Waals surface area (Å²) in [6.45, 7) is 3.47. The number of rotatable bonds is 5. The number of para-hydroxylation sites is 1. The van der Waals surface area contributed by atoms with Gasteiger partial charge in [-0.3, -0.25) is 0 Å². The Morgan fingerprint density at radius 3 is 2.72 bits per heavy atom. The highest BCUT2D eigenvalue weighted by Crippen LogP contribution is 2.18. The molecule has 0 atom stereocenters. The minimum absolute atomic E-state index is 0.138. The van der Waals surface area contributed by atoms with Crippen LogP contribution in [0.3, 0.4) is 0 Å². The molecule has 1 saturated carbocycles. The van der Waals surface area contributed by atoms with Crippen LogP contribution in [-0.4, -0.2) is 39.5 Å². The maximum absolute atomic E-state index is 9.63. The zero-order valence-corrected chi connectivity index (χ0v) is 14.7. The molecule has 1 aromatic carbocycles. The first-order chi connectivity index (χ1) is 12.2. The van der Waals surface area contributed by atoms with E-state index in [1.165, 1.54) is 0 Å². The van der Waals surface area contributed by atoms with Gasteiger partial charge in [-0.1, -0.05) is 18.2 Å². The van der Waals surface area contributed by atoms with E-state index >= 15 is 0 Å². The van der Waals surface area contributed by atoms with E-state index in [9.17, 15) is 5.11 Å².